The van der Waals surface area contributed by atoms with Gasteiger partial charge in [0.1, 0.15) is 11.5 Å². The van der Waals surface area contributed by atoms with Gasteiger partial charge in [0.15, 0.2) is 11.9 Å². The maximum absolute atomic E-state index is 10.7. The molecule has 2 aliphatic rings. The van der Waals surface area contributed by atoms with E-state index in [9.17, 15) is 5.11 Å². The topological polar surface area (TPSA) is 87.8 Å². The quantitative estimate of drug-likeness (QED) is 0.478. The molecule has 1 aromatic heterocycles. The smallest absolute Gasteiger partial charge is 0.171 e. The fraction of sp³-hybridized carbons (Fsp3) is 0.300. The summed E-state index contributed by atoms with van der Waals surface area (Å²) in [6, 6.07) is 1.92. The summed E-state index contributed by atoms with van der Waals surface area (Å²) in [7, 11) is 4.80. The summed E-state index contributed by atoms with van der Waals surface area (Å²) >= 11 is 0. The Hall–Kier alpha value is -3.06. The number of benzene rings is 1. The van der Waals surface area contributed by atoms with E-state index in [1.165, 1.54) is 5.56 Å². The number of nitrogens with one attached hydrogen (secondary N) is 3. The van der Waals surface area contributed by atoms with Gasteiger partial charge in [-0.3, -0.25) is 0 Å². The molecule has 4 rings (SSSR count). The van der Waals surface area contributed by atoms with Gasteiger partial charge in [-0.15, -0.1) is 0 Å². The number of aromatic hydroxyl groups is 1. The summed E-state index contributed by atoms with van der Waals surface area (Å²) in [4.78, 5) is 3.18. The molecule has 0 saturated carbocycles. The zero-order valence-electron chi connectivity index (χ0n) is 15.6. The number of allylic oxidation sites excluding steroid dienone is 3. The highest BCUT2D eigenvalue weighted by atomic mass is 16.6. The lowest BCUT2D eigenvalue weighted by Crippen LogP contribution is -2.22. The Balaban J connectivity index is 1.69. The highest BCUT2D eigenvalue weighted by Crippen LogP contribution is 2.41. The van der Waals surface area contributed by atoms with Crippen LogP contribution in [0.4, 0.5) is 11.4 Å². The van der Waals surface area contributed by atoms with E-state index in [-0.39, 0.29) is 11.9 Å². The third-order valence-corrected chi connectivity index (χ3v) is 4.96. The lowest BCUT2D eigenvalue weighted by molar-refractivity contribution is 0.0602. The van der Waals surface area contributed by atoms with Crippen LogP contribution in [0.25, 0.3) is 10.9 Å². The summed E-state index contributed by atoms with van der Waals surface area (Å²) in [6.07, 6.45) is 8.07. The number of hydrogen-bond donors (Lipinski definition) is 4. The van der Waals surface area contributed by atoms with Gasteiger partial charge in [-0.1, -0.05) is 0 Å². The minimum Gasteiger partial charge on any atom is -0.504 e. The van der Waals surface area contributed by atoms with E-state index in [1.807, 2.05) is 24.4 Å². The Morgan fingerprint density at radius 1 is 1.19 bits per heavy atom. The van der Waals surface area contributed by atoms with Crippen molar-refractivity contribution in [2.24, 2.45) is 0 Å². The van der Waals surface area contributed by atoms with E-state index in [2.05, 4.69) is 15.6 Å². The first-order valence-electron chi connectivity index (χ1n) is 8.76. The molecule has 142 valence electrons. The fourth-order valence-corrected chi connectivity index (χ4v) is 3.63. The van der Waals surface area contributed by atoms with Crippen molar-refractivity contribution in [3.63, 3.8) is 0 Å². The average Bonchev–Trinajstić information content (AvgIpc) is 3.14. The van der Waals surface area contributed by atoms with Gasteiger partial charge in [0.05, 0.1) is 25.4 Å². The van der Waals surface area contributed by atoms with Crippen LogP contribution in [0.1, 0.15) is 5.56 Å². The first kappa shape index (κ1) is 17.4. The number of phenolic OH excluding ortho intramolecular Hbond substituents is 1. The Bertz CT molecular complexity index is 947. The van der Waals surface area contributed by atoms with Gasteiger partial charge in [-0.05, 0) is 35.8 Å². The summed E-state index contributed by atoms with van der Waals surface area (Å²) in [5, 5.41) is 18.3. The van der Waals surface area contributed by atoms with Gasteiger partial charge in [-0.2, -0.15) is 0 Å². The molecule has 7 heteroatoms. The van der Waals surface area contributed by atoms with Crippen LogP contribution in [0.2, 0.25) is 0 Å². The van der Waals surface area contributed by atoms with E-state index in [4.69, 9.17) is 14.2 Å². The molecule has 1 aliphatic heterocycles. The summed E-state index contributed by atoms with van der Waals surface area (Å²) in [6.45, 7) is 0.879. The standard InChI is InChI=1S/C20H23N3O4/c1-25-15-6-11(7-16(26-2)20(15)27-3)9-22-14-8-13-17-12(4-5-21-13)10-23-18(17)19(14)24/h6-10,20-24H,4-5H2,1-3H3. The summed E-state index contributed by atoms with van der Waals surface area (Å²) in [5.41, 5.74) is 4.42. The summed E-state index contributed by atoms with van der Waals surface area (Å²) < 4.78 is 16.3. The molecule has 2 heterocycles. The number of phenols is 1. The molecule has 27 heavy (non-hydrogen) atoms. The van der Waals surface area contributed by atoms with Gasteiger partial charge >= 0.3 is 0 Å². The number of aromatic nitrogens is 1. The second-order valence-corrected chi connectivity index (χ2v) is 6.47. The molecule has 4 N–H and O–H groups in total. The van der Waals surface area contributed by atoms with Crippen LogP contribution in [0.3, 0.4) is 0 Å². The van der Waals surface area contributed by atoms with E-state index in [1.54, 1.807) is 27.5 Å². The van der Waals surface area contributed by atoms with Crippen molar-refractivity contribution in [3.05, 3.63) is 53.3 Å². The first-order valence-corrected chi connectivity index (χ1v) is 8.76. The van der Waals surface area contributed by atoms with Crippen molar-refractivity contribution in [2.45, 2.75) is 12.5 Å². The largest absolute Gasteiger partial charge is 0.504 e. The number of anilines is 2. The number of hydrogen-bond acceptors (Lipinski definition) is 6. The minimum absolute atomic E-state index is 0.193. The second-order valence-electron chi connectivity index (χ2n) is 6.47. The molecule has 1 aromatic carbocycles. The molecule has 0 radical (unpaired) electrons. The number of rotatable bonds is 5. The molecule has 0 amide bonds. The molecule has 7 nitrogen and oxygen atoms in total. The molecular formula is C20H23N3O4. The monoisotopic (exact) mass is 369 g/mol. The Morgan fingerprint density at radius 2 is 1.93 bits per heavy atom. The fourth-order valence-electron chi connectivity index (χ4n) is 3.63. The van der Waals surface area contributed by atoms with Gasteiger partial charge < -0.3 is 34.9 Å². The van der Waals surface area contributed by atoms with Crippen molar-refractivity contribution in [3.8, 4) is 5.75 Å². The van der Waals surface area contributed by atoms with E-state index < -0.39 is 0 Å². The van der Waals surface area contributed by atoms with Gasteiger partial charge in [0, 0.05) is 37.1 Å². The maximum atomic E-state index is 10.7. The van der Waals surface area contributed by atoms with Crippen LogP contribution in [0.15, 0.2) is 47.7 Å². The van der Waals surface area contributed by atoms with Crippen molar-refractivity contribution >= 4 is 22.3 Å². The van der Waals surface area contributed by atoms with E-state index in [0.717, 1.165) is 35.1 Å². The predicted octanol–water partition coefficient (Wildman–Crippen LogP) is 3.23. The Morgan fingerprint density at radius 3 is 2.59 bits per heavy atom. The van der Waals surface area contributed by atoms with Crippen molar-refractivity contribution in [1.29, 1.82) is 0 Å². The number of aromatic amines is 1. The molecule has 0 saturated heterocycles. The zero-order chi connectivity index (χ0) is 19.0. The molecule has 0 bridgehead atoms. The Kier molecular flexibility index (Phi) is 4.45. The van der Waals surface area contributed by atoms with Crippen molar-refractivity contribution < 1.29 is 19.3 Å². The van der Waals surface area contributed by atoms with Gasteiger partial charge in [0.25, 0.3) is 0 Å². The molecule has 0 fully saturated rings. The third-order valence-electron chi connectivity index (χ3n) is 4.96. The highest BCUT2D eigenvalue weighted by Gasteiger charge is 2.25. The second kappa shape index (κ2) is 6.92. The predicted molar refractivity (Wildman–Crippen MR) is 105 cm³/mol. The SMILES string of the molecule is COC1=CC(=CNc2cc3c4c(c[nH]c4c2O)CCN3)C=C(OC)C1OC. The lowest BCUT2D eigenvalue weighted by atomic mass is 10.0. The molecule has 1 aliphatic carbocycles. The van der Waals surface area contributed by atoms with Crippen LogP contribution in [-0.4, -0.2) is 44.1 Å². The van der Waals surface area contributed by atoms with Crippen LogP contribution in [0, 0.1) is 0 Å². The summed E-state index contributed by atoms with van der Waals surface area (Å²) in [5.74, 6) is 1.49. The van der Waals surface area contributed by atoms with E-state index >= 15 is 0 Å². The molecule has 0 atom stereocenters. The minimum atomic E-state index is -0.368. The number of methoxy groups -OCH3 is 3. The van der Waals surface area contributed by atoms with Crippen molar-refractivity contribution in [2.75, 3.05) is 38.5 Å². The zero-order valence-corrected chi connectivity index (χ0v) is 15.6. The highest BCUT2D eigenvalue weighted by molar-refractivity contribution is 6.03. The van der Waals surface area contributed by atoms with Crippen LogP contribution in [0.5, 0.6) is 5.75 Å². The Labute approximate surface area is 157 Å². The van der Waals surface area contributed by atoms with Gasteiger partial charge in [0.2, 0.25) is 0 Å². The lowest BCUT2D eigenvalue weighted by Gasteiger charge is -2.24. The number of H-pyrrole nitrogens is 1. The third kappa shape index (κ3) is 2.90. The van der Waals surface area contributed by atoms with Crippen LogP contribution >= 0.6 is 0 Å². The van der Waals surface area contributed by atoms with Crippen molar-refractivity contribution in [1.82, 2.24) is 4.98 Å². The molecule has 2 aromatic rings. The molecule has 0 spiro atoms. The molecule has 0 unspecified atom stereocenters. The number of ether oxygens (including phenoxy) is 3. The maximum Gasteiger partial charge on any atom is 0.171 e. The van der Waals surface area contributed by atoms with E-state index in [0.29, 0.717) is 17.2 Å². The average molecular weight is 369 g/mol. The molecular weight excluding hydrogens is 346 g/mol. The van der Waals surface area contributed by atoms with Crippen LogP contribution < -0.4 is 10.6 Å². The van der Waals surface area contributed by atoms with Crippen LogP contribution in [-0.2, 0) is 20.6 Å². The normalized spacial score (nSPS) is 18.5. The van der Waals surface area contributed by atoms with Gasteiger partial charge in [-0.25, -0.2) is 0 Å². The first-order chi connectivity index (χ1) is 13.2.